The van der Waals surface area contributed by atoms with Crippen LogP contribution in [0.25, 0.3) is 22.5 Å². The Bertz CT molecular complexity index is 738. The Labute approximate surface area is 142 Å². The van der Waals surface area contributed by atoms with Crippen LogP contribution in [0.15, 0.2) is 48.5 Å². The first-order valence-corrected chi connectivity index (χ1v) is 8.01. The van der Waals surface area contributed by atoms with Crippen LogP contribution in [0.2, 0.25) is 0 Å². The number of hydrogen-bond donors (Lipinski definition) is 1. The maximum absolute atomic E-state index is 5.25. The zero-order valence-electron chi connectivity index (χ0n) is 14.5. The first kappa shape index (κ1) is 16.1. The molecule has 0 amide bonds. The van der Waals surface area contributed by atoms with Crippen LogP contribution < -0.4 is 9.47 Å². The van der Waals surface area contributed by atoms with E-state index in [1.807, 2.05) is 48.5 Å². The number of ether oxygens (including phenoxy) is 2. The van der Waals surface area contributed by atoms with Gasteiger partial charge in [0.25, 0.3) is 0 Å². The Morgan fingerprint density at radius 2 is 1.29 bits per heavy atom. The van der Waals surface area contributed by atoms with Gasteiger partial charge in [0.2, 0.25) is 0 Å². The van der Waals surface area contributed by atoms with E-state index in [9.17, 15) is 0 Å². The summed E-state index contributed by atoms with van der Waals surface area (Å²) in [6.07, 6.45) is 0. The summed E-state index contributed by atoms with van der Waals surface area (Å²) in [7, 11) is 3.34. The monoisotopic (exact) mass is 322 g/mol. The molecule has 24 heavy (non-hydrogen) atoms. The number of nitrogens with one attached hydrogen (secondary N) is 1. The molecule has 2 aromatic carbocycles. The number of nitrogens with zero attached hydrogens (tertiary/aromatic N) is 1. The summed E-state index contributed by atoms with van der Waals surface area (Å²) in [5, 5.41) is 0. The molecular weight excluding hydrogens is 300 g/mol. The van der Waals surface area contributed by atoms with Gasteiger partial charge in [0, 0.05) is 17.0 Å². The standard InChI is InChI=1S/C20H22N2O2/c1-13(2)20-21-18(14-5-9-16(23-3)10-6-14)19(22-20)15-7-11-17(24-4)12-8-15/h5-13H,1-4H3,(H,21,22). The molecule has 1 N–H and O–H groups in total. The molecule has 0 saturated heterocycles. The van der Waals surface area contributed by atoms with Gasteiger partial charge in [0.1, 0.15) is 17.3 Å². The Hall–Kier alpha value is -2.75. The van der Waals surface area contributed by atoms with E-state index < -0.39 is 0 Å². The lowest BCUT2D eigenvalue weighted by Gasteiger charge is -2.06. The zero-order valence-corrected chi connectivity index (χ0v) is 14.5. The quantitative estimate of drug-likeness (QED) is 0.728. The maximum atomic E-state index is 5.25. The fourth-order valence-corrected chi connectivity index (χ4v) is 2.59. The molecule has 0 aliphatic heterocycles. The van der Waals surface area contributed by atoms with Gasteiger partial charge in [-0.05, 0) is 48.5 Å². The number of methoxy groups -OCH3 is 2. The van der Waals surface area contributed by atoms with Crippen molar-refractivity contribution in [1.82, 2.24) is 9.97 Å². The minimum absolute atomic E-state index is 0.328. The average molecular weight is 322 g/mol. The lowest BCUT2D eigenvalue weighted by Crippen LogP contribution is -1.89. The van der Waals surface area contributed by atoms with E-state index in [0.717, 1.165) is 39.8 Å². The second kappa shape index (κ2) is 6.79. The van der Waals surface area contributed by atoms with Gasteiger partial charge in [-0.25, -0.2) is 4.98 Å². The van der Waals surface area contributed by atoms with Crippen molar-refractivity contribution in [2.45, 2.75) is 19.8 Å². The minimum atomic E-state index is 0.328. The Morgan fingerprint density at radius 3 is 1.75 bits per heavy atom. The summed E-state index contributed by atoms with van der Waals surface area (Å²) in [6.45, 7) is 4.27. The molecule has 124 valence electrons. The van der Waals surface area contributed by atoms with Gasteiger partial charge in [0.15, 0.2) is 0 Å². The molecule has 0 fully saturated rings. The Balaban J connectivity index is 2.09. The fraction of sp³-hybridized carbons (Fsp3) is 0.250. The van der Waals surface area contributed by atoms with Crippen LogP contribution in [0.1, 0.15) is 25.6 Å². The van der Waals surface area contributed by atoms with Crippen molar-refractivity contribution in [3.05, 3.63) is 54.4 Å². The van der Waals surface area contributed by atoms with E-state index in [2.05, 4.69) is 18.8 Å². The third-order valence-electron chi connectivity index (χ3n) is 4.01. The van der Waals surface area contributed by atoms with E-state index in [0.29, 0.717) is 5.92 Å². The summed E-state index contributed by atoms with van der Waals surface area (Å²) >= 11 is 0. The molecule has 0 aliphatic rings. The highest BCUT2D eigenvalue weighted by atomic mass is 16.5. The summed E-state index contributed by atoms with van der Waals surface area (Å²) in [6, 6.07) is 16.0. The number of rotatable bonds is 5. The zero-order chi connectivity index (χ0) is 17.1. The SMILES string of the molecule is COc1ccc(-c2nc(C(C)C)[nH]c2-c2ccc(OC)cc2)cc1. The van der Waals surface area contributed by atoms with Crippen LogP contribution in [-0.4, -0.2) is 24.2 Å². The van der Waals surface area contributed by atoms with E-state index in [4.69, 9.17) is 14.5 Å². The molecule has 0 spiro atoms. The van der Waals surface area contributed by atoms with E-state index in [1.165, 1.54) is 0 Å². The van der Waals surface area contributed by atoms with Gasteiger partial charge in [0.05, 0.1) is 25.6 Å². The molecule has 1 aromatic heterocycles. The van der Waals surface area contributed by atoms with Gasteiger partial charge in [-0.1, -0.05) is 13.8 Å². The van der Waals surface area contributed by atoms with Crippen LogP contribution in [0.5, 0.6) is 11.5 Å². The Kier molecular flexibility index (Phi) is 4.56. The molecule has 3 aromatic rings. The smallest absolute Gasteiger partial charge is 0.118 e. The third-order valence-corrected chi connectivity index (χ3v) is 4.01. The second-order valence-electron chi connectivity index (χ2n) is 5.96. The van der Waals surface area contributed by atoms with Crippen molar-refractivity contribution in [2.75, 3.05) is 14.2 Å². The van der Waals surface area contributed by atoms with Crippen LogP contribution in [0.4, 0.5) is 0 Å². The average Bonchev–Trinajstić information content (AvgIpc) is 3.07. The predicted molar refractivity (Wildman–Crippen MR) is 96.7 cm³/mol. The largest absolute Gasteiger partial charge is 0.497 e. The highest BCUT2D eigenvalue weighted by molar-refractivity contribution is 5.79. The molecule has 4 heteroatoms. The van der Waals surface area contributed by atoms with Crippen LogP contribution in [0.3, 0.4) is 0 Å². The normalized spacial score (nSPS) is 10.9. The Morgan fingerprint density at radius 1 is 0.792 bits per heavy atom. The van der Waals surface area contributed by atoms with Crippen molar-refractivity contribution in [1.29, 1.82) is 0 Å². The van der Waals surface area contributed by atoms with Crippen molar-refractivity contribution < 1.29 is 9.47 Å². The topological polar surface area (TPSA) is 47.1 Å². The van der Waals surface area contributed by atoms with Crippen molar-refractivity contribution in [3.8, 4) is 34.0 Å². The van der Waals surface area contributed by atoms with Gasteiger partial charge < -0.3 is 14.5 Å². The van der Waals surface area contributed by atoms with Gasteiger partial charge in [-0.15, -0.1) is 0 Å². The first-order valence-electron chi connectivity index (χ1n) is 8.01. The van der Waals surface area contributed by atoms with Gasteiger partial charge in [-0.3, -0.25) is 0 Å². The molecule has 4 nitrogen and oxygen atoms in total. The van der Waals surface area contributed by atoms with Crippen LogP contribution in [0, 0.1) is 0 Å². The summed E-state index contributed by atoms with van der Waals surface area (Å²) < 4.78 is 10.5. The third kappa shape index (κ3) is 3.13. The lowest BCUT2D eigenvalue weighted by atomic mass is 10.0. The number of aromatic amines is 1. The summed E-state index contributed by atoms with van der Waals surface area (Å²) in [5.41, 5.74) is 4.11. The van der Waals surface area contributed by atoms with Crippen LogP contribution >= 0.6 is 0 Å². The summed E-state index contributed by atoms with van der Waals surface area (Å²) in [4.78, 5) is 8.31. The molecular formula is C20H22N2O2. The highest BCUT2D eigenvalue weighted by Crippen LogP contribution is 2.33. The van der Waals surface area contributed by atoms with E-state index >= 15 is 0 Å². The molecule has 0 saturated carbocycles. The van der Waals surface area contributed by atoms with Crippen molar-refractivity contribution >= 4 is 0 Å². The molecule has 0 aliphatic carbocycles. The number of H-pyrrole nitrogens is 1. The molecule has 0 unspecified atom stereocenters. The molecule has 0 bridgehead atoms. The molecule has 0 atom stereocenters. The molecule has 3 rings (SSSR count). The second-order valence-corrected chi connectivity index (χ2v) is 5.96. The predicted octanol–water partition coefficient (Wildman–Crippen LogP) is 4.88. The maximum Gasteiger partial charge on any atom is 0.118 e. The number of hydrogen-bond acceptors (Lipinski definition) is 3. The number of imidazole rings is 1. The summed E-state index contributed by atoms with van der Waals surface area (Å²) in [5.74, 6) is 2.98. The highest BCUT2D eigenvalue weighted by Gasteiger charge is 2.16. The molecule has 1 heterocycles. The molecule has 0 radical (unpaired) electrons. The van der Waals surface area contributed by atoms with Gasteiger partial charge in [-0.2, -0.15) is 0 Å². The van der Waals surface area contributed by atoms with E-state index in [1.54, 1.807) is 14.2 Å². The van der Waals surface area contributed by atoms with E-state index in [-0.39, 0.29) is 0 Å². The fourth-order valence-electron chi connectivity index (χ4n) is 2.59. The van der Waals surface area contributed by atoms with Crippen molar-refractivity contribution in [2.24, 2.45) is 0 Å². The number of benzene rings is 2. The van der Waals surface area contributed by atoms with Crippen LogP contribution in [-0.2, 0) is 0 Å². The lowest BCUT2D eigenvalue weighted by molar-refractivity contribution is 0.414. The first-order chi connectivity index (χ1) is 11.6. The minimum Gasteiger partial charge on any atom is -0.497 e. The van der Waals surface area contributed by atoms with Crippen molar-refractivity contribution in [3.63, 3.8) is 0 Å². The number of aromatic nitrogens is 2. The van der Waals surface area contributed by atoms with Gasteiger partial charge >= 0.3 is 0 Å².